The minimum Gasteiger partial charge on any atom is -0.478 e. The van der Waals surface area contributed by atoms with Crippen molar-refractivity contribution in [2.45, 2.75) is 39.5 Å². The van der Waals surface area contributed by atoms with Crippen molar-refractivity contribution in [2.24, 2.45) is 0 Å². The fourth-order valence-electron chi connectivity index (χ4n) is 1.00. The van der Waals surface area contributed by atoms with Crippen LogP contribution in [0.4, 0.5) is 0 Å². The summed E-state index contributed by atoms with van der Waals surface area (Å²) in [6.45, 7) is 5.31. The van der Waals surface area contributed by atoms with Gasteiger partial charge in [-0.25, -0.2) is 4.79 Å². The van der Waals surface area contributed by atoms with Gasteiger partial charge in [0.05, 0.1) is 0 Å². The highest BCUT2D eigenvalue weighted by atomic mass is 16.5. The van der Waals surface area contributed by atoms with E-state index in [1.165, 1.54) is 0 Å². The minimum atomic E-state index is -0.827. The number of carboxylic acids is 1. The predicted octanol–water partition coefficient (Wildman–Crippen LogP) is 2.61. The first-order chi connectivity index (χ1) is 6.68. The highest BCUT2D eigenvalue weighted by Crippen LogP contribution is 2.01. The van der Waals surface area contributed by atoms with Gasteiger partial charge in [-0.3, -0.25) is 0 Å². The zero-order valence-electron chi connectivity index (χ0n) is 9.08. The molecule has 0 fully saturated rings. The molecule has 0 radical (unpaired) electrons. The van der Waals surface area contributed by atoms with Gasteiger partial charge in [-0.1, -0.05) is 13.0 Å². The van der Waals surface area contributed by atoms with Crippen molar-refractivity contribution >= 4 is 5.97 Å². The molecule has 0 aromatic carbocycles. The van der Waals surface area contributed by atoms with Crippen LogP contribution in [0.3, 0.4) is 0 Å². The van der Waals surface area contributed by atoms with Gasteiger partial charge in [0.1, 0.15) is 0 Å². The largest absolute Gasteiger partial charge is 0.478 e. The topological polar surface area (TPSA) is 46.5 Å². The highest BCUT2D eigenvalue weighted by Gasteiger charge is 1.97. The van der Waals surface area contributed by atoms with Gasteiger partial charge in [0.15, 0.2) is 0 Å². The van der Waals surface area contributed by atoms with Gasteiger partial charge in [0.2, 0.25) is 0 Å². The Labute approximate surface area is 85.8 Å². The molecule has 0 aliphatic heterocycles. The minimum absolute atomic E-state index is 0.430. The third-order valence-corrected chi connectivity index (χ3v) is 1.88. The number of hydrogen-bond donors (Lipinski definition) is 1. The van der Waals surface area contributed by atoms with E-state index in [1.807, 2.05) is 0 Å². The molecule has 0 unspecified atom stereocenters. The van der Waals surface area contributed by atoms with Crippen molar-refractivity contribution in [1.29, 1.82) is 0 Å². The summed E-state index contributed by atoms with van der Waals surface area (Å²) in [5, 5.41) is 8.56. The maximum Gasteiger partial charge on any atom is 0.330 e. The fraction of sp³-hybridized carbons (Fsp3) is 0.727. The van der Waals surface area contributed by atoms with Crippen molar-refractivity contribution in [3.8, 4) is 0 Å². The van der Waals surface area contributed by atoms with Gasteiger partial charge < -0.3 is 9.84 Å². The van der Waals surface area contributed by atoms with Crippen molar-refractivity contribution in [2.75, 3.05) is 13.2 Å². The van der Waals surface area contributed by atoms with Gasteiger partial charge in [-0.15, -0.1) is 0 Å². The van der Waals surface area contributed by atoms with Gasteiger partial charge in [-0.2, -0.15) is 0 Å². The van der Waals surface area contributed by atoms with Crippen molar-refractivity contribution in [3.63, 3.8) is 0 Å². The molecular weight excluding hydrogens is 180 g/mol. The molecule has 0 aromatic heterocycles. The summed E-state index contributed by atoms with van der Waals surface area (Å²) in [5.41, 5.74) is 0.430. The van der Waals surface area contributed by atoms with Crippen LogP contribution in [0.5, 0.6) is 0 Å². The lowest BCUT2D eigenvalue weighted by atomic mass is 10.2. The molecule has 0 saturated heterocycles. The maximum absolute atomic E-state index is 10.4. The summed E-state index contributed by atoms with van der Waals surface area (Å²) in [4.78, 5) is 10.4. The van der Waals surface area contributed by atoms with Crippen LogP contribution in [0.25, 0.3) is 0 Å². The Balaban J connectivity index is 3.29. The van der Waals surface area contributed by atoms with E-state index in [9.17, 15) is 4.79 Å². The lowest BCUT2D eigenvalue weighted by molar-refractivity contribution is -0.132. The molecule has 0 spiro atoms. The monoisotopic (exact) mass is 200 g/mol. The van der Waals surface area contributed by atoms with Gasteiger partial charge in [-0.05, 0) is 32.6 Å². The summed E-state index contributed by atoms with van der Waals surface area (Å²) < 4.78 is 5.30. The second-order valence-electron chi connectivity index (χ2n) is 3.30. The molecule has 0 heterocycles. The average molecular weight is 200 g/mol. The van der Waals surface area contributed by atoms with Gasteiger partial charge >= 0.3 is 5.97 Å². The van der Waals surface area contributed by atoms with Crippen LogP contribution < -0.4 is 0 Å². The molecule has 0 aliphatic rings. The third kappa shape index (κ3) is 7.80. The predicted molar refractivity (Wildman–Crippen MR) is 56.4 cm³/mol. The van der Waals surface area contributed by atoms with Crippen LogP contribution in [0.1, 0.15) is 39.5 Å². The van der Waals surface area contributed by atoms with Crippen molar-refractivity contribution in [3.05, 3.63) is 11.6 Å². The molecule has 0 aromatic rings. The highest BCUT2D eigenvalue weighted by molar-refractivity contribution is 5.85. The summed E-state index contributed by atoms with van der Waals surface area (Å²) in [5.74, 6) is -0.827. The Morgan fingerprint density at radius 1 is 1.36 bits per heavy atom. The molecule has 3 heteroatoms. The van der Waals surface area contributed by atoms with Crippen LogP contribution in [-0.2, 0) is 9.53 Å². The Morgan fingerprint density at radius 3 is 2.64 bits per heavy atom. The molecule has 0 amide bonds. The van der Waals surface area contributed by atoms with Gasteiger partial charge in [0, 0.05) is 18.8 Å². The Bertz CT molecular complexity index is 185. The molecule has 0 atom stereocenters. The second kappa shape index (κ2) is 8.75. The van der Waals surface area contributed by atoms with E-state index in [0.29, 0.717) is 5.57 Å². The Hall–Kier alpha value is -0.830. The molecular formula is C11H20O3. The number of ether oxygens (including phenoxy) is 1. The zero-order valence-corrected chi connectivity index (χ0v) is 9.08. The van der Waals surface area contributed by atoms with Crippen LogP contribution in [0, 0.1) is 0 Å². The second-order valence-corrected chi connectivity index (χ2v) is 3.30. The van der Waals surface area contributed by atoms with E-state index in [1.54, 1.807) is 13.0 Å². The number of aliphatic carboxylic acids is 1. The Morgan fingerprint density at radius 2 is 2.07 bits per heavy atom. The van der Waals surface area contributed by atoms with E-state index in [2.05, 4.69) is 6.92 Å². The van der Waals surface area contributed by atoms with Crippen molar-refractivity contribution in [1.82, 2.24) is 0 Å². The average Bonchev–Trinajstić information content (AvgIpc) is 2.16. The first-order valence-electron chi connectivity index (χ1n) is 5.16. The summed E-state index contributed by atoms with van der Waals surface area (Å²) in [6.07, 6.45) is 5.64. The van der Waals surface area contributed by atoms with Crippen LogP contribution in [0.15, 0.2) is 11.6 Å². The van der Waals surface area contributed by atoms with Crippen molar-refractivity contribution < 1.29 is 14.6 Å². The molecule has 0 saturated carbocycles. The molecule has 0 rings (SSSR count). The lowest BCUT2D eigenvalue weighted by Crippen LogP contribution is -1.97. The lowest BCUT2D eigenvalue weighted by Gasteiger charge is -2.00. The summed E-state index contributed by atoms with van der Waals surface area (Å²) >= 11 is 0. The van der Waals surface area contributed by atoms with E-state index in [0.717, 1.165) is 38.9 Å². The van der Waals surface area contributed by atoms with E-state index >= 15 is 0 Å². The molecule has 0 aliphatic carbocycles. The van der Waals surface area contributed by atoms with E-state index in [4.69, 9.17) is 9.84 Å². The third-order valence-electron chi connectivity index (χ3n) is 1.88. The standard InChI is InChI=1S/C11H20O3/c1-3-8-14-9-6-4-5-7-10(2)11(12)13/h7H,3-6,8-9H2,1-2H3,(H,12,13). The van der Waals surface area contributed by atoms with Crippen LogP contribution in [0.2, 0.25) is 0 Å². The first kappa shape index (κ1) is 13.2. The number of allylic oxidation sites excluding steroid dienone is 1. The van der Waals surface area contributed by atoms with E-state index in [-0.39, 0.29) is 0 Å². The number of unbranched alkanes of at least 4 members (excludes halogenated alkanes) is 2. The molecule has 1 N–H and O–H groups in total. The number of carboxylic acid groups (broad SMARTS) is 1. The molecule has 82 valence electrons. The number of carbonyl (C=O) groups is 1. The number of hydrogen-bond acceptors (Lipinski definition) is 2. The summed E-state index contributed by atoms with van der Waals surface area (Å²) in [6, 6.07) is 0. The molecule has 3 nitrogen and oxygen atoms in total. The fourth-order valence-corrected chi connectivity index (χ4v) is 1.00. The van der Waals surface area contributed by atoms with Gasteiger partial charge in [0.25, 0.3) is 0 Å². The number of rotatable bonds is 8. The Kier molecular flexibility index (Phi) is 8.24. The normalized spacial score (nSPS) is 11.7. The quantitative estimate of drug-likeness (QED) is 0.484. The summed E-state index contributed by atoms with van der Waals surface area (Å²) in [7, 11) is 0. The van der Waals surface area contributed by atoms with E-state index < -0.39 is 5.97 Å². The SMILES string of the molecule is CCCOCCCCC=C(C)C(=O)O. The first-order valence-corrected chi connectivity index (χ1v) is 5.16. The smallest absolute Gasteiger partial charge is 0.330 e. The van der Waals surface area contributed by atoms with Crippen LogP contribution >= 0.6 is 0 Å². The zero-order chi connectivity index (χ0) is 10.8. The van der Waals surface area contributed by atoms with Crippen LogP contribution in [-0.4, -0.2) is 24.3 Å². The maximum atomic E-state index is 10.4. The molecule has 0 bridgehead atoms. The molecule has 14 heavy (non-hydrogen) atoms.